The van der Waals surface area contributed by atoms with Gasteiger partial charge in [-0.1, -0.05) is 13.8 Å². The molecule has 3 nitrogen and oxygen atoms in total. The second kappa shape index (κ2) is 5.71. The molecule has 1 N–H and O–H groups in total. The highest BCUT2D eigenvalue weighted by molar-refractivity contribution is 5.46. The SMILES string of the molecule is CC.Cc1cncc(N2CCC(O)C2)c1. The molecular formula is C12H20N2O. The van der Waals surface area contributed by atoms with Crippen molar-refractivity contribution >= 4 is 5.69 Å². The number of nitrogens with zero attached hydrogens (tertiary/aromatic N) is 2. The highest BCUT2D eigenvalue weighted by atomic mass is 16.3. The van der Waals surface area contributed by atoms with Crippen molar-refractivity contribution in [3.8, 4) is 0 Å². The van der Waals surface area contributed by atoms with Crippen LogP contribution in [0.2, 0.25) is 0 Å². The highest BCUT2D eigenvalue weighted by Gasteiger charge is 2.20. The van der Waals surface area contributed by atoms with E-state index in [2.05, 4.69) is 16.0 Å². The Labute approximate surface area is 91.8 Å². The van der Waals surface area contributed by atoms with Crippen molar-refractivity contribution in [1.29, 1.82) is 0 Å². The first kappa shape index (κ1) is 12.0. The van der Waals surface area contributed by atoms with Crippen LogP contribution in [0.25, 0.3) is 0 Å². The zero-order valence-corrected chi connectivity index (χ0v) is 9.77. The van der Waals surface area contributed by atoms with E-state index in [1.54, 1.807) is 0 Å². The lowest BCUT2D eigenvalue weighted by atomic mass is 10.3. The molecular weight excluding hydrogens is 188 g/mol. The molecule has 1 fully saturated rings. The lowest BCUT2D eigenvalue weighted by molar-refractivity contribution is 0.198. The van der Waals surface area contributed by atoms with Gasteiger partial charge in [-0.3, -0.25) is 4.98 Å². The Kier molecular flexibility index (Phi) is 4.56. The normalized spacial score (nSPS) is 19.7. The summed E-state index contributed by atoms with van der Waals surface area (Å²) in [6, 6.07) is 2.10. The largest absolute Gasteiger partial charge is 0.391 e. The zero-order valence-electron chi connectivity index (χ0n) is 9.77. The van der Waals surface area contributed by atoms with E-state index in [0.717, 1.165) is 25.2 Å². The van der Waals surface area contributed by atoms with E-state index in [1.807, 2.05) is 33.2 Å². The molecule has 0 saturated carbocycles. The van der Waals surface area contributed by atoms with Gasteiger partial charge in [-0.2, -0.15) is 0 Å². The lowest BCUT2D eigenvalue weighted by Gasteiger charge is -2.17. The van der Waals surface area contributed by atoms with Gasteiger partial charge in [0, 0.05) is 19.3 Å². The van der Waals surface area contributed by atoms with Crippen molar-refractivity contribution in [3.05, 3.63) is 24.0 Å². The predicted molar refractivity (Wildman–Crippen MR) is 63.2 cm³/mol. The summed E-state index contributed by atoms with van der Waals surface area (Å²) in [7, 11) is 0. The van der Waals surface area contributed by atoms with Gasteiger partial charge in [-0.05, 0) is 25.0 Å². The summed E-state index contributed by atoms with van der Waals surface area (Å²) in [5.74, 6) is 0. The Hall–Kier alpha value is -1.09. The van der Waals surface area contributed by atoms with Crippen LogP contribution in [0.3, 0.4) is 0 Å². The smallest absolute Gasteiger partial charge is 0.0731 e. The molecule has 2 rings (SSSR count). The van der Waals surface area contributed by atoms with E-state index in [0.29, 0.717) is 0 Å². The Morgan fingerprint density at radius 2 is 2.13 bits per heavy atom. The van der Waals surface area contributed by atoms with E-state index in [-0.39, 0.29) is 6.10 Å². The molecule has 0 bridgehead atoms. The third-order valence-corrected chi connectivity index (χ3v) is 2.39. The quantitative estimate of drug-likeness (QED) is 0.766. The number of β-amino-alcohol motifs (C(OH)–C–C–N with tert-alkyl or cyclic N) is 1. The average Bonchev–Trinajstić information content (AvgIpc) is 2.68. The first-order chi connectivity index (χ1) is 7.25. The van der Waals surface area contributed by atoms with E-state index in [9.17, 15) is 5.11 Å². The molecule has 15 heavy (non-hydrogen) atoms. The fourth-order valence-electron chi connectivity index (χ4n) is 1.69. The van der Waals surface area contributed by atoms with Crippen LogP contribution in [0.15, 0.2) is 18.5 Å². The van der Waals surface area contributed by atoms with Gasteiger partial charge in [0.1, 0.15) is 0 Å². The molecule has 3 heteroatoms. The minimum atomic E-state index is -0.166. The summed E-state index contributed by atoms with van der Waals surface area (Å²) in [5, 5.41) is 9.37. The number of rotatable bonds is 1. The molecule has 84 valence electrons. The van der Waals surface area contributed by atoms with Gasteiger partial charge in [0.2, 0.25) is 0 Å². The molecule has 0 spiro atoms. The van der Waals surface area contributed by atoms with E-state index in [1.165, 1.54) is 5.56 Å². The molecule has 1 aliphatic heterocycles. The van der Waals surface area contributed by atoms with E-state index < -0.39 is 0 Å². The number of hydrogen-bond donors (Lipinski definition) is 1. The van der Waals surface area contributed by atoms with Crippen LogP contribution in [0.4, 0.5) is 5.69 Å². The summed E-state index contributed by atoms with van der Waals surface area (Å²) < 4.78 is 0. The number of aliphatic hydroxyl groups excluding tert-OH is 1. The van der Waals surface area contributed by atoms with Crippen LogP contribution >= 0.6 is 0 Å². The Bertz CT molecular complexity index is 301. The molecule has 0 aliphatic carbocycles. The molecule has 1 aromatic heterocycles. The third-order valence-electron chi connectivity index (χ3n) is 2.39. The summed E-state index contributed by atoms with van der Waals surface area (Å²) in [6.45, 7) is 7.71. The van der Waals surface area contributed by atoms with Gasteiger partial charge < -0.3 is 10.0 Å². The van der Waals surface area contributed by atoms with Crippen molar-refractivity contribution in [2.45, 2.75) is 33.3 Å². The van der Waals surface area contributed by atoms with Crippen LogP contribution in [0, 0.1) is 6.92 Å². The number of aliphatic hydroxyl groups is 1. The molecule has 0 amide bonds. The standard InChI is InChI=1S/C10H14N2O.C2H6/c1-8-4-9(6-11-5-8)12-3-2-10(13)7-12;1-2/h4-6,10,13H,2-3,7H2,1H3;1-2H3. The summed E-state index contributed by atoms with van der Waals surface area (Å²) in [5.41, 5.74) is 2.29. The van der Waals surface area contributed by atoms with Crippen LogP contribution in [-0.2, 0) is 0 Å². The average molecular weight is 208 g/mol. The first-order valence-electron chi connectivity index (χ1n) is 5.60. The molecule has 0 radical (unpaired) electrons. The molecule has 0 aromatic carbocycles. The second-order valence-electron chi connectivity index (χ2n) is 3.61. The maximum Gasteiger partial charge on any atom is 0.0731 e. The Balaban J connectivity index is 0.000000531. The minimum absolute atomic E-state index is 0.166. The fourth-order valence-corrected chi connectivity index (χ4v) is 1.69. The van der Waals surface area contributed by atoms with E-state index >= 15 is 0 Å². The van der Waals surface area contributed by atoms with Gasteiger partial charge in [-0.25, -0.2) is 0 Å². The van der Waals surface area contributed by atoms with E-state index in [4.69, 9.17) is 0 Å². The van der Waals surface area contributed by atoms with Crippen molar-refractivity contribution in [3.63, 3.8) is 0 Å². The monoisotopic (exact) mass is 208 g/mol. The zero-order chi connectivity index (χ0) is 11.3. The van der Waals surface area contributed by atoms with Crippen molar-refractivity contribution in [1.82, 2.24) is 4.98 Å². The Morgan fingerprint density at radius 3 is 2.67 bits per heavy atom. The molecule has 1 saturated heterocycles. The summed E-state index contributed by atoms with van der Waals surface area (Å²) in [6.07, 6.45) is 4.40. The van der Waals surface area contributed by atoms with Crippen molar-refractivity contribution in [2.75, 3.05) is 18.0 Å². The van der Waals surface area contributed by atoms with Gasteiger partial charge in [-0.15, -0.1) is 0 Å². The maximum atomic E-state index is 9.37. The highest BCUT2D eigenvalue weighted by Crippen LogP contribution is 2.19. The number of pyridine rings is 1. The Morgan fingerprint density at radius 1 is 1.40 bits per heavy atom. The summed E-state index contributed by atoms with van der Waals surface area (Å²) >= 11 is 0. The number of anilines is 1. The van der Waals surface area contributed by atoms with Crippen LogP contribution in [0.1, 0.15) is 25.8 Å². The second-order valence-corrected chi connectivity index (χ2v) is 3.61. The molecule has 1 atom stereocenters. The molecule has 1 unspecified atom stereocenters. The van der Waals surface area contributed by atoms with Crippen molar-refractivity contribution < 1.29 is 5.11 Å². The number of aryl methyl sites for hydroxylation is 1. The third kappa shape index (κ3) is 3.20. The van der Waals surface area contributed by atoms with Crippen molar-refractivity contribution in [2.24, 2.45) is 0 Å². The van der Waals surface area contributed by atoms with Gasteiger partial charge in [0.05, 0.1) is 18.0 Å². The van der Waals surface area contributed by atoms with Crippen LogP contribution in [0.5, 0.6) is 0 Å². The fraction of sp³-hybridized carbons (Fsp3) is 0.583. The van der Waals surface area contributed by atoms with Gasteiger partial charge in [0.15, 0.2) is 0 Å². The minimum Gasteiger partial charge on any atom is -0.391 e. The molecule has 1 aromatic rings. The van der Waals surface area contributed by atoms with Crippen LogP contribution < -0.4 is 4.90 Å². The lowest BCUT2D eigenvalue weighted by Crippen LogP contribution is -2.21. The number of aromatic nitrogens is 1. The van der Waals surface area contributed by atoms with Crippen LogP contribution in [-0.4, -0.2) is 29.3 Å². The van der Waals surface area contributed by atoms with Gasteiger partial charge >= 0.3 is 0 Å². The first-order valence-corrected chi connectivity index (χ1v) is 5.60. The van der Waals surface area contributed by atoms with Gasteiger partial charge in [0.25, 0.3) is 0 Å². The topological polar surface area (TPSA) is 36.4 Å². The predicted octanol–water partition coefficient (Wildman–Crippen LogP) is 1.99. The maximum absolute atomic E-state index is 9.37. The number of hydrogen-bond acceptors (Lipinski definition) is 3. The molecule has 2 heterocycles. The molecule has 1 aliphatic rings. The summed E-state index contributed by atoms with van der Waals surface area (Å²) in [4.78, 5) is 6.30.